The second kappa shape index (κ2) is 14.1. The van der Waals surface area contributed by atoms with Gasteiger partial charge in [-0.2, -0.15) is 0 Å². The van der Waals surface area contributed by atoms with Crippen LogP contribution in [0.2, 0.25) is 0 Å². The molecule has 0 aliphatic heterocycles. The van der Waals surface area contributed by atoms with Gasteiger partial charge < -0.3 is 26.1 Å². The van der Waals surface area contributed by atoms with Crippen molar-refractivity contribution in [2.45, 2.75) is 12.8 Å². The fourth-order valence-corrected chi connectivity index (χ4v) is 4.92. The molecule has 0 radical (unpaired) electrons. The Hall–Kier alpha value is -5.76. The van der Waals surface area contributed by atoms with Gasteiger partial charge in [0.25, 0.3) is 17.7 Å². The summed E-state index contributed by atoms with van der Waals surface area (Å²) in [5.74, 6) is -0.297. The summed E-state index contributed by atoms with van der Waals surface area (Å²) in [5, 5.41) is 11.6. The zero-order valence-corrected chi connectivity index (χ0v) is 24.8. The third-order valence-corrected chi connectivity index (χ3v) is 7.67. The lowest BCUT2D eigenvalue weighted by Gasteiger charge is -2.12. The van der Waals surface area contributed by atoms with Crippen LogP contribution in [0.3, 0.4) is 0 Å². The Kier molecular flexibility index (Phi) is 9.64. The number of fused-ring (bicyclic) bond motifs is 1. The Morgan fingerprint density at radius 3 is 1.91 bits per heavy atom. The van der Waals surface area contributed by atoms with Gasteiger partial charge in [-0.3, -0.25) is 14.4 Å². The first-order chi connectivity index (χ1) is 21.9. The number of anilines is 2. The highest BCUT2D eigenvalue weighted by Crippen LogP contribution is 2.55. The molecule has 6 rings (SSSR count). The van der Waals surface area contributed by atoms with E-state index >= 15 is 0 Å². The lowest BCUT2D eigenvalue weighted by Crippen LogP contribution is -2.21. The third-order valence-electron chi connectivity index (χ3n) is 7.67. The summed E-state index contributed by atoms with van der Waals surface area (Å²) in [6, 6.07) is 25.0. The van der Waals surface area contributed by atoms with E-state index in [4.69, 9.17) is 0 Å². The molecular formula is C37H36N4O4. The van der Waals surface area contributed by atoms with Gasteiger partial charge in [-0.1, -0.05) is 60.7 Å². The predicted octanol–water partition coefficient (Wildman–Crippen LogP) is 6.19. The summed E-state index contributed by atoms with van der Waals surface area (Å²) in [6.45, 7) is 0. The molecule has 3 aromatic carbocycles. The highest BCUT2D eigenvalue weighted by Gasteiger charge is 2.52. The molecule has 2 atom stereocenters. The van der Waals surface area contributed by atoms with Gasteiger partial charge >= 0.3 is 0 Å². The third kappa shape index (κ3) is 8.00. The van der Waals surface area contributed by atoms with Gasteiger partial charge in [0, 0.05) is 54.4 Å². The largest absolute Gasteiger partial charge is 0.391 e. The molecule has 8 nitrogen and oxygen atoms in total. The smallest absolute Gasteiger partial charge is 0.255 e. The molecule has 0 aromatic heterocycles. The van der Waals surface area contributed by atoms with Gasteiger partial charge in [-0.25, -0.2) is 0 Å². The maximum atomic E-state index is 12.4. The maximum Gasteiger partial charge on any atom is 0.255 e. The second-order valence-electron chi connectivity index (χ2n) is 10.8. The highest BCUT2D eigenvalue weighted by molar-refractivity contribution is 6.07. The number of carbonyl (C=O) groups is 4. The van der Waals surface area contributed by atoms with E-state index in [2.05, 4.69) is 21.3 Å². The number of hydrogen-bond acceptors (Lipinski definition) is 5. The molecular weight excluding hydrogens is 564 g/mol. The number of nitrogens with one attached hydrogen (secondary N) is 4. The van der Waals surface area contributed by atoms with Crippen molar-refractivity contribution in [3.05, 3.63) is 156 Å². The van der Waals surface area contributed by atoms with Crippen LogP contribution in [0.5, 0.6) is 0 Å². The van der Waals surface area contributed by atoms with Crippen molar-refractivity contribution in [2.75, 3.05) is 17.7 Å². The van der Waals surface area contributed by atoms with Crippen LogP contribution in [-0.2, 0) is 9.59 Å². The summed E-state index contributed by atoms with van der Waals surface area (Å²) in [7, 11) is 1.89. The molecule has 1 unspecified atom stereocenters. The van der Waals surface area contributed by atoms with Crippen LogP contribution in [-0.4, -0.2) is 31.1 Å². The van der Waals surface area contributed by atoms with Crippen LogP contribution < -0.4 is 21.3 Å². The lowest BCUT2D eigenvalue weighted by atomic mass is 9.96. The number of amides is 3. The van der Waals surface area contributed by atoms with Crippen molar-refractivity contribution in [3.8, 4) is 0 Å². The molecule has 3 amide bonds. The van der Waals surface area contributed by atoms with Crippen molar-refractivity contribution in [1.29, 1.82) is 0 Å². The normalized spacial score (nSPS) is 19.0. The minimum Gasteiger partial charge on any atom is -0.391 e. The zero-order chi connectivity index (χ0) is 31.6. The van der Waals surface area contributed by atoms with Gasteiger partial charge in [-0.15, -0.1) is 0 Å². The van der Waals surface area contributed by atoms with E-state index in [0.717, 1.165) is 30.5 Å². The number of aldehydes is 1. The molecule has 0 spiro atoms. The Labute approximate surface area is 263 Å². The average molecular weight is 601 g/mol. The summed E-state index contributed by atoms with van der Waals surface area (Å²) in [5.41, 5.74) is 4.43. The Morgan fingerprint density at radius 1 is 0.756 bits per heavy atom. The first-order valence-electron chi connectivity index (χ1n) is 14.7. The number of benzene rings is 3. The van der Waals surface area contributed by atoms with E-state index in [1.54, 1.807) is 72.8 Å². The SMILES string of the molecule is CNC1=CC=C(NC(=O)c2ccccc2)C=CC1.O=C[C@@]12C=C(C(=O)Nc3ccc(NC(=O)c4ccccc4)cc3)C=CC1C2.[HH]. The van der Waals surface area contributed by atoms with Gasteiger partial charge in [0.1, 0.15) is 6.29 Å². The minimum absolute atomic E-state index is 0. The van der Waals surface area contributed by atoms with Gasteiger partial charge in [0.2, 0.25) is 0 Å². The van der Waals surface area contributed by atoms with Crippen LogP contribution >= 0.6 is 0 Å². The Bertz CT molecular complexity index is 1730. The first-order valence-corrected chi connectivity index (χ1v) is 14.7. The highest BCUT2D eigenvalue weighted by atomic mass is 16.2. The fourth-order valence-electron chi connectivity index (χ4n) is 4.92. The second-order valence-corrected chi connectivity index (χ2v) is 10.8. The topological polar surface area (TPSA) is 116 Å². The molecule has 3 aromatic rings. The van der Waals surface area contributed by atoms with E-state index in [0.29, 0.717) is 28.1 Å². The predicted molar refractivity (Wildman–Crippen MR) is 178 cm³/mol. The van der Waals surface area contributed by atoms with Crippen molar-refractivity contribution >= 4 is 35.4 Å². The molecule has 228 valence electrons. The van der Waals surface area contributed by atoms with E-state index in [1.807, 2.05) is 61.7 Å². The molecule has 45 heavy (non-hydrogen) atoms. The quantitative estimate of drug-likeness (QED) is 0.230. The molecule has 1 fully saturated rings. The first kappa shape index (κ1) is 30.7. The monoisotopic (exact) mass is 600 g/mol. The van der Waals surface area contributed by atoms with Gasteiger partial charge in [-0.05, 0) is 79.1 Å². The van der Waals surface area contributed by atoms with Crippen molar-refractivity contribution in [1.82, 2.24) is 10.6 Å². The van der Waals surface area contributed by atoms with Crippen molar-refractivity contribution in [3.63, 3.8) is 0 Å². The molecule has 8 heteroatoms. The van der Waals surface area contributed by atoms with E-state index in [1.165, 1.54) is 0 Å². The van der Waals surface area contributed by atoms with Crippen LogP contribution in [0, 0.1) is 11.3 Å². The minimum atomic E-state index is -0.479. The Balaban J connectivity index is 0.000000221. The van der Waals surface area contributed by atoms with Crippen molar-refractivity contribution < 1.29 is 20.6 Å². The van der Waals surface area contributed by atoms with Gasteiger partial charge in [0.15, 0.2) is 0 Å². The molecule has 0 saturated heterocycles. The van der Waals surface area contributed by atoms with Crippen LogP contribution in [0.15, 0.2) is 144 Å². The van der Waals surface area contributed by atoms with E-state index in [9.17, 15) is 19.2 Å². The molecule has 4 N–H and O–H groups in total. The summed E-state index contributed by atoms with van der Waals surface area (Å²) < 4.78 is 0. The molecule has 3 aliphatic rings. The van der Waals surface area contributed by atoms with Crippen molar-refractivity contribution in [2.24, 2.45) is 11.3 Å². The Morgan fingerprint density at radius 2 is 1.33 bits per heavy atom. The van der Waals surface area contributed by atoms with Crippen LogP contribution in [0.4, 0.5) is 11.4 Å². The number of rotatable bonds is 8. The lowest BCUT2D eigenvalue weighted by molar-refractivity contribution is -0.112. The van der Waals surface area contributed by atoms with E-state index < -0.39 is 5.41 Å². The maximum absolute atomic E-state index is 12.4. The average Bonchev–Trinajstić information content (AvgIpc) is 3.86. The molecule has 1 saturated carbocycles. The summed E-state index contributed by atoms with van der Waals surface area (Å²) in [4.78, 5) is 47.8. The fraction of sp³-hybridized carbons (Fsp3) is 0.135. The summed E-state index contributed by atoms with van der Waals surface area (Å²) in [6.07, 6.45) is 15.8. The molecule has 0 heterocycles. The summed E-state index contributed by atoms with van der Waals surface area (Å²) >= 11 is 0. The zero-order valence-electron chi connectivity index (χ0n) is 24.8. The molecule has 0 bridgehead atoms. The number of carbonyl (C=O) groups excluding carboxylic acids is 4. The molecule has 3 aliphatic carbocycles. The van der Waals surface area contributed by atoms with Gasteiger partial charge in [0.05, 0.1) is 5.41 Å². The number of hydrogen-bond donors (Lipinski definition) is 4. The van der Waals surface area contributed by atoms with Crippen LogP contribution in [0.1, 0.15) is 35.0 Å². The van der Waals surface area contributed by atoms with Crippen LogP contribution in [0.25, 0.3) is 0 Å². The van der Waals surface area contributed by atoms with E-state index in [-0.39, 0.29) is 25.1 Å². The standard InChI is InChI=1S/C22H18N2O3.C15H16N2O.H2/c25-14-22-12-16(6-7-17(22)13-22)21(27)24-19-10-8-18(9-11-19)23-20(26)15-4-2-1-3-5-15;1-16-13-8-5-9-14(11-10-13)17-15(18)12-6-3-2-4-7-12;/h1-12,14,17H,13H2,(H,23,26)(H,24,27);2-7,9-11,16H,8H2,1H3,(H,17,18);1H/t17?,22-;;/m0../s1. The number of allylic oxidation sites excluding steroid dienone is 6.